The van der Waals surface area contributed by atoms with E-state index in [-0.39, 0.29) is 21.3 Å². The van der Waals surface area contributed by atoms with E-state index in [4.69, 9.17) is 11.6 Å². The first kappa shape index (κ1) is 15.6. The lowest BCUT2D eigenvalue weighted by Crippen LogP contribution is -2.46. The predicted molar refractivity (Wildman–Crippen MR) is 74.9 cm³/mol. The lowest BCUT2D eigenvalue weighted by Gasteiger charge is -2.38. The second-order valence-electron chi connectivity index (χ2n) is 4.56. The smallest absolute Gasteiger partial charge is 0.276 e. The first-order chi connectivity index (χ1) is 9.76. The van der Waals surface area contributed by atoms with Gasteiger partial charge >= 0.3 is 12.5 Å². The van der Waals surface area contributed by atoms with Gasteiger partial charge in [0.1, 0.15) is 0 Å². The van der Waals surface area contributed by atoms with Gasteiger partial charge in [-0.25, -0.2) is 8.78 Å². The van der Waals surface area contributed by atoms with Crippen molar-refractivity contribution in [3.63, 3.8) is 0 Å². The van der Waals surface area contributed by atoms with E-state index >= 15 is 0 Å². The van der Waals surface area contributed by atoms with Crippen LogP contribution in [0.2, 0.25) is 0 Å². The molecular formula is C15H12ClF4N. The van der Waals surface area contributed by atoms with Gasteiger partial charge in [0.05, 0.1) is 16.4 Å². The van der Waals surface area contributed by atoms with Crippen LogP contribution >= 0.6 is 11.6 Å². The molecule has 1 heterocycles. The fourth-order valence-corrected chi connectivity index (χ4v) is 2.39. The molecule has 0 saturated carbocycles. The van der Waals surface area contributed by atoms with E-state index in [1.807, 2.05) is 0 Å². The lowest BCUT2D eigenvalue weighted by atomic mass is 10.0. The highest BCUT2D eigenvalue weighted by atomic mass is 35.5. The Bertz CT molecular complexity index is 620. The van der Waals surface area contributed by atoms with E-state index in [1.54, 1.807) is 30.3 Å². The zero-order valence-corrected chi connectivity index (χ0v) is 11.8. The molecule has 0 spiro atoms. The Labute approximate surface area is 124 Å². The van der Waals surface area contributed by atoms with Gasteiger partial charge in [0.15, 0.2) is 0 Å². The zero-order valence-electron chi connectivity index (χ0n) is 11.1. The van der Waals surface area contributed by atoms with Gasteiger partial charge in [-0.3, -0.25) is 4.90 Å². The third kappa shape index (κ3) is 2.70. The summed E-state index contributed by atoms with van der Waals surface area (Å²) >= 11 is 5.83. The molecule has 1 aliphatic heterocycles. The fourth-order valence-electron chi connectivity index (χ4n) is 2.14. The first-order valence-corrected chi connectivity index (χ1v) is 6.43. The van der Waals surface area contributed by atoms with Crippen LogP contribution in [0.3, 0.4) is 0 Å². The zero-order chi connectivity index (χ0) is 15.8. The van der Waals surface area contributed by atoms with Gasteiger partial charge < -0.3 is 0 Å². The van der Waals surface area contributed by atoms with Crippen LogP contribution in [0, 0.1) is 0 Å². The molecule has 0 aliphatic carbocycles. The number of nitrogens with zero attached hydrogens (tertiary/aromatic N) is 1. The summed E-state index contributed by atoms with van der Waals surface area (Å²) in [6.07, 6.45) is -2.44. The van der Waals surface area contributed by atoms with Crippen LogP contribution in [0.1, 0.15) is 12.5 Å². The lowest BCUT2D eigenvalue weighted by molar-refractivity contribution is -0.195. The number of hydrogen-bond acceptors (Lipinski definition) is 1. The van der Waals surface area contributed by atoms with Crippen LogP contribution in [-0.2, 0) is 0 Å². The maximum Gasteiger partial charge on any atom is 0.390 e. The first-order valence-electron chi connectivity index (χ1n) is 6.05. The Balaban J connectivity index is 2.66. The Morgan fingerprint density at radius 1 is 1.19 bits per heavy atom. The molecule has 0 fully saturated rings. The van der Waals surface area contributed by atoms with E-state index < -0.39 is 12.5 Å². The van der Waals surface area contributed by atoms with Crippen LogP contribution in [0.4, 0.5) is 17.6 Å². The molecule has 2 rings (SSSR count). The molecule has 0 aromatic heterocycles. The summed E-state index contributed by atoms with van der Waals surface area (Å²) in [5, 5.41) is -0.0903. The van der Waals surface area contributed by atoms with Crippen molar-refractivity contribution in [1.82, 2.24) is 4.90 Å². The fraction of sp³-hybridized carbons (Fsp3) is 0.200. The van der Waals surface area contributed by atoms with Crippen molar-refractivity contribution in [2.75, 3.05) is 0 Å². The summed E-state index contributed by atoms with van der Waals surface area (Å²) in [6, 6.07) is 3.70. The number of halogens is 5. The third-order valence-electron chi connectivity index (χ3n) is 3.09. The topological polar surface area (TPSA) is 3.24 Å². The standard InChI is InChI=1S/C15H12ClF4N/c1-9-8-12(16)10(2)21(15(19,20)14(17)18)13(9)11-6-4-3-5-7-11/h3-8,14H,2H2,1H3. The van der Waals surface area contributed by atoms with Crippen molar-refractivity contribution in [3.8, 4) is 0 Å². The minimum Gasteiger partial charge on any atom is -0.276 e. The average molecular weight is 318 g/mol. The molecule has 0 radical (unpaired) electrons. The second-order valence-corrected chi connectivity index (χ2v) is 4.97. The molecule has 1 aliphatic rings. The van der Waals surface area contributed by atoms with Gasteiger partial charge in [0.25, 0.3) is 0 Å². The van der Waals surface area contributed by atoms with Gasteiger partial charge in [-0.2, -0.15) is 8.78 Å². The summed E-state index contributed by atoms with van der Waals surface area (Å²) in [4.78, 5) is 0.213. The minimum atomic E-state index is -4.40. The van der Waals surface area contributed by atoms with Crippen molar-refractivity contribution in [2.45, 2.75) is 19.4 Å². The third-order valence-corrected chi connectivity index (χ3v) is 3.42. The summed E-state index contributed by atoms with van der Waals surface area (Å²) in [6.45, 7) is 4.95. The van der Waals surface area contributed by atoms with E-state index in [0.717, 1.165) is 0 Å². The Kier molecular flexibility index (Phi) is 4.14. The molecule has 6 heteroatoms. The van der Waals surface area contributed by atoms with Crippen molar-refractivity contribution in [2.24, 2.45) is 0 Å². The van der Waals surface area contributed by atoms with Gasteiger partial charge in [0, 0.05) is 0 Å². The highest BCUT2D eigenvalue weighted by Crippen LogP contribution is 2.44. The number of benzene rings is 1. The van der Waals surface area contributed by atoms with Crippen molar-refractivity contribution < 1.29 is 17.6 Å². The van der Waals surface area contributed by atoms with Crippen molar-refractivity contribution >= 4 is 17.3 Å². The van der Waals surface area contributed by atoms with Crippen LogP contribution in [-0.4, -0.2) is 17.4 Å². The van der Waals surface area contributed by atoms with E-state index in [2.05, 4.69) is 6.58 Å². The van der Waals surface area contributed by atoms with E-state index in [9.17, 15) is 17.6 Å². The molecule has 0 unspecified atom stereocenters. The van der Waals surface area contributed by atoms with Gasteiger partial charge in [-0.15, -0.1) is 0 Å². The molecule has 0 saturated heterocycles. The molecule has 0 amide bonds. The number of hydrogen-bond donors (Lipinski definition) is 0. The molecule has 1 aromatic rings. The van der Waals surface area contributed by atoms with Crippen molar-refractivity contribution in [3.05, 3.63) is 64.9 Å². The Morgan fingerprint density at radius 2 is 1.76 bits per heavy atom. The summed E-state index contributed by atoms with van der Waals surface area (Å²) in [7, 11) is 0. The van der Waals surface area contributed by atoms with Gasteiger partial charge in [0.2, 0.25) is 0 Å². The molecule has 1 aromatic carbocycles. The largest absolute Gasteiger partial charge is 0.390 e. The second kappa shape index (κ2) is 5.56. The Hall–Kier alpha value is -1.75. The maximum atomic E-state index is 14.0. The quantitative estimate of drug-likeness (QED) is 0.545. The Morgan fingerprint density at radius 3 is 2.29 bits per heavy atom. The normalized spacial score (nSPS) is 16.6. The van der Waals surface area contributed by atoms with Crippen LogP contribution in [0.5, 0.6) is 0 Å². The molecule has 21 heavy (non-hydrogen) atoms. The summed E-state index contributed by atoms with van der Waals surface area (Å²) in [5.74, 6) is 0. The highest BCUT2D eigenvalue weighted by molar-refractivity contribution is 6.32. The number of allylic oxidation sites excluding steroid dienone is 3. The molecule has 1 nitrogen and oxygen atoms in total. The SMILES string of the molecule is C=C1C(Cl)=CC(C)=C(c2ccccc2)N1C(F)(F)C(F)F. The average Bonchev–Trinajstić information content (AvgIpc) is 2.43. The van der Waals surface area contributed by atoms with Gasteiger partial charge in [-0.1, -0.05) is 48.5 Å². The molecule has 0 N–H and O–H groups in total. The monoisotopic (exact) mass is 317 g/mol. The number of alkyl halides is 4. The van der Waals surface area contributed by atoms with Crippen molar-refractivity contribution in [1.29, 1.82) is 0 Å². The maximum absolute atomic E-state index is 14.0. The minimum absolute atomic E-state index is 0.0321. The summed E-state index contributed by atoms with van der Waals surface area (Å²) in [5.41, 5.74) is 0.359. The molecule has 0 bridgehead atoms. The van der Waals surface area contributed by atoms with E-state index in [0.29, 0.717) is 11.1 Å². The van der Waals surface area contributed by atoms with Gasteiger partial charge in [-0.05, 0) is 24.1 Å². The summed E-state index contributed by atoms with van der Waals surface area (Å²) < 4.78 is 53.5. The predicted octanol–water partition coefficient (Wildman–Crippen LogP) is 5.23. The number of rotatable bonds is 3. The van der Waals surface area contributed by atoms with Crippen LogP contribution in [0.15, 0.2) is 59.3 Å². The highest BCUT2D eigenvalue weighted by Gasteiger charge is 2.50. The molecule has 112 valence electrons. The van der Waals surface area contributed by atoms with E-state index in [1.165, 1.54) is 13.0 Å². The van der Waals surface area contributed by atoms with Crippen LogP contribution in [0.25, 0.3) is 5.70 Å². The molecular weight excluding hydrogens is 306 g/mol. The van der Waals surface area contributed by atoms with Crippen LogP contribution < -0.4 is 0 Å². The molecule has 0 atom stereocenters.